The smallest absolute Gasteiger partial charge is 0.255 e. The van der Waals surface area contributed by atoms with Crippen LogP contribution < -0.4 is 0 Å². The number of amides is 1. The summed E-state index contributed by atoms with van der Waals surface area (Å²) >= 11 is 0. The van der Waals surface area contributed by atoms with Crippen LogP contribution >= 0.6 is 0 Å². The fraction of sp³-hybridized carbons (Fsp3) is 0.222. The second-order valence-electron chi connectivity index (χ2n) is 6.07. The van der Waals surface area contributed by atoms with Gasteiger partial charge in [-0.3, -0.25) is 4.79 Å². The molecule has 0 spiro atoms. The Kier molecular flexibility index (Phi) is 4.34. The predicted molar refractivity (Wildman–Crippen MR) is 96.2 cm³/mol. The van der Waals surface area contributed by atoms with Crippen LogP contribution in [0, 0.1) is 0 Å². The number of carbonyl (C=O) groups excluding carboxylic acids is 1. The third-order valence-corrected chi connectivity index (χ3v) is 5.47. The highest BCUT2D eigenvalue weighted by atomic mass is 32.2. The summed E-state index contributed by atoms with van der Waals surface area (Å²) in [5, 5.41) is 0.879. The van der Waals surface area contributed by atoms with Gasteiger partial charge in [0.25, 0.3) is 5.91 Å². The molecule has 2 aromatic heterocycles. The van der Waals surface area contributed by atoms with Crippen LogP contribution in [0.4, 0.5) is 0 Å². The number of sulfone groups is 1. The first-order valence-electron chi connectivity index (χ1n) is 7.77. The molecule has 2 heterocycles. The van der Waals surface area contributed by atoms with Crippen molar-refractivity contribution in [3.05, 3.63) is 59.9 Å². The lowest BCUT2D eigenvalue weighted by molar-refractivity contribution is 0.0742. The Morgan fingerprint density at radius 3 is 2.52 bits per heavy atom. The molecule has 0 saturated heterocycles. The van der Waals surface area contributed by atoms with Crippen molar-refractivity contribution in [2.24, 2.45) is 0 Å². The van der Waals surface area contributed by atoms with E-state index in [1.54, 1.807) is 54.7 Å². The minimum atomic E-state index is -3.23. The normalized spacial score (nSPS) is 12.9. The van der Waals surface area contributed by atoms with Crippen LogP contribution in [0.1, 0.15) is 28.9 Å². The van der Waals surface area contributed by atoms with Crippen LogP contribution in [0.2, 0.25) is 0 Å². The lowest BCUT2D eigenvalue weighted by Gasteiger charge is -2.25. The lowest BCUT2D eigenvalue weighted by atomic mass is 10.1. The Bertz CT molecular complexity index is 1020. The summed E-state index contributed by atoms with van der Waals surface area (Å²) in [6.07, 6.45) is 4.50. The molecular formula is C18H19N3O3S. The molecule has 3 aromatic rings. The van der Waals surface area contributed by atoms with Gasteiger partial charge in [-0.25, -0.2) is 13.4 Å². The van der Waals surface area contributed by atoms with E-state index in [-0.39, 0.29) is 16.8 Å². The van der Waals surface area contributed by atoms with Gasteiger partial charge in [-0.2, -0.15) is 0 Å². The quantitative estimate of drug-likeness (QED) is 0.778. The van der Waals surface area contributed by atoms with Crippen molar-refractivity contribution in [3.63, 3.8) is 0 Å². The summed E-state index contributed by atoms with van der Waals surface area (Å²) in [6, 6.07) is 10.1. The van der Waals surface area contributed by atoms with Crippen LogP contribution in [0.15, 0.2) is 53.7 Å². The molecule has 0 aliphatic heterocycles. The molecule has 7 heteroatoms. The SMILES string of the molecule is CC(c1ccc(S(C)(=O)=O)cc1)N(C)C(=O)c1cnc2[nH]ccc2c1. The van der Waals surface area contributed by atoms with E-state index < -0.39 is 9.84 Å². The number of aromatic nitrogens is 2. The second kappa shape index (κ2) is 6.33. The van der Waals surface area contributed by atoms with Crippen molar-refractivity contribution in [2.45, 2.75) is 17.9 Å². The minimum absolute atomic E-state index is 0.143. The topological polar surface area (TPSA) is 83.1 Å². The summed E-state index contributed by atoms with van der Waals surface area (Å²) in [4.78, 5) is 21.9. The molecule has 1 N–H and O–H groups in total. The van der Waals surface area contributed by atoms with Crippen molar-refractivity contribution in [3.8, 4) is 0 Å². The van der Waals surface area contributed by atoms with Crippen molar-refractivity contribution in [1.29, 1.82) is 0 Å². The third-order valence-electron chi connectivity index (χ3n) is 4.34. The molecule has 3 rings (SSSR count). The van der Waals surface area contributed by atoms with E-state index in [0.717, 1.165) is 16.6 Å². The van der Waals surface area contributed by atoms with Gasteiger partial charge >= 0.3 is 0 Å². The second-order valence-corrected chi connectivity index (χ2v) is 8.09. The zero-order valence-corrected chi connectivity index (χ0v) is 15.0. The number of aromatic amines is 1. The maximum atomic E-state index is 12.7. The molecule has 0 radical (unpaired) electrons. The number of nitrogens with zero attached hydrogens (tertiary/aromatic N) is 2. The van der Waals surface area contributed by atoms with Gasteiger partial charge in [-0.05, 0) is 36.8 Å². The molecule has 1 atom stereocenters. The molecule has 0 aliphatic carbocycles. The number of benzene rings is 1. The van der Waals surface area contributed by atoms with Crippen molar-refractivity contribution in [2.75, 3.05) is 13.3 Å². The van der Waals surface area contributed by atoms with Gasteiger partial charge in [0.15, 0.2) is 9.84 Å². The molecule has 1 aromatic carbocycles. The van der Waals surface area contributed by atoms with Gasteiger partial charge in [0, 0.05) is 31.1 Å². The zero-order valence-electron chi connectivity index (χ0n) is 14.2. The molecule has 0 saturated carbocycles. The van der Waals surface area contributed by atoms with Gasteiger partial charge in [-0.1, -0.05) is 12.1 Å². The number of rotatable bonds is 4. The first-order chi connectivity index (χ1) is 11.8. The monoisotopic (exact) mass is 357 g/mol. The predicted octanol–water partition coefficient (Wildman–Crippen LogP) is 2.80. The molecule has 0 bridgehead atoms. The maximum absolute atomic E-state index is 12.7. The zero-order chi connectivity index (χ0) is 18.2. The first kappa shape index (κ1) is 17.2. The van der Waals surface area contributed by atoms with Gasteiger partial charge in [-0.15, -0.1) is 0 Å². The van der Waals surface area contributed by atoms with E-state index >= 15 is 0 Å². The van der Waals surface area contributed by atoms with E-state index in [2.05, 4.69) is 9.97 Å². The highest BCUT2D eigenvalue weighted by molar-refractivity contribution is 7.90. The number of nitrogens with one attached hydrogen (secondary N) is 1. The van der Waals surface area contributed by atoms with Crippen LogP contribution in [-0.4, -0.2) is 42.5 Å². The Hall–Kier alpha value is -2.67. The lowest BCUT2D eigenvalue weighted by Crippen LogP contribution is -2.29. The van der Waals surface area contributed by atoms with Crippen LogP contribution in [0.5, 0.6) is 0 Å². The van der Waals surface area contributed by atoms with Crippen molar-refractivity contribution >= 4 is 26.8 Å². The molecule has 25 heavy (non-hydrogen) atoms. The van der Waals surface area contributed by atoms with Gasteiger partial charge < -0.3 is 9.88 Å². The fourth-order valence-electron chi connectivity index (χ4n) is 2.65. The summed E-state index contributed by atoms with van der Waals surface area (Å²) in [7, 11) is -1.51. The number of fused-ring (bicyclic) bond motifs is 1. The van der Waals surface area contributed by atoms with Crippen molar-refractivity contribution in [1.82, 2.24) is 14.9 Å². The number of H-pyrrole nitrogens is 1. The Balaban J connectivity index is 1.83. The average molecular weight is 357 g/mol. The molecule has 0 aliphatic rings. The van der Waals surface area contributed by atoms with Crippen LogP contribution in [-0.2, 0) is 9.84 Å². The number of carbonyl (C=O) groups is 1. The van der Waals surface area contributed by atoms with Gasteiger partial charge in [0.1, 0.15) is 5.65 Å². The Morgan fingerprint density at radius 1 is 1.20 bits per heavy atom. The average Bonchev–Trinajstić information content (AvgIpc) is 3.06. The number of hydrogen-bond acceptors (Lipinski definition) is 4. The molecule has 1 amide bonds. The summed E-state index contributed by atoms with van der Waals surface area (Å²) in [5.41, 5.74) is 2.11. The van der Waals surface area contributed by atoms with Gasteiger partial charge in [0.2, 0.25) is 0 Å². The standard InChI is InChI=1S/C18H19N3O3S/c1-12(13-4-6-16(7-5-13)25(3,23)24)21(2)18(22)15-10-14-8-9-19-17(14)20-11-15/h4-12H,1-3H3,(H,19,20). The van der Waals surface area contributed by atoms with E-state index in [1.165, 1.54) is 6.26 Å². The summed E-state index contributed by atoms with van der Waals surface area (Å²) in [6.45, 7) is 1.90. The number of hydrogen-bond donors (Lipinski definition) is 1. The number of pyridine rings is 1. The van der Waals surface area contributed by atoms with E-state index in [1.807, 2.05) is 13.0 Å². The maximum Gasteiger partial charge on any atom is 0.255 e. The molecule has 6 nitrogen and oxygen atoms in total. The van der Waals surface area contributed by atoms with E-state index in [0.29, 0.717) is 5.56 Å². The summed E-state index contributed by atoms with van der Waals surface area (Å²) in [5.74, 6) is -0.143. The van der Waals surface area contributed by atoms with Crippen LogP contribution in [0.25, 0.3) is 11.0 Å². The minimum Gasteiger partial charge on any atom is -0.346 e. The van der Waals surface area contributed by atoms with Crippen molar-refractivity contribution < 1.29 is 13.2 Å². The largest absolute Gasteiger partial charge is 0.346 e. The third kappa shape index (κ3) is 3.41. The fourth-order valence-corrected chi connectivity index (χ4v) is 3.28. The van der Waals surface area contributed by atoms with Gasteiger partial charge in [0.05, 0.1) is 16.5 Å². The van der Waals surface area contributed by atoms with E-state index in [4.69, 9.17) is 0 Å². The molecule has 1 unspecified atom stereocenters. The Morgan fingerprint density at radius 2 is 1.88 bits per heavy atom. The molecule has 130 valence electrons. The van der Waals surface area contributed by atoms with Crippen LogP contribution in [0.3, 0.4) is 0 Å². The molecular weight excluding hydrogens is 338 g/mol. The van der Waals surface area contributed by atoms with E-state index in [9.17, 15) is 13.2 Å². The molecule has 0 fully saturated rings. The highest BCUT2D eigenvalue weighted by Gasteiger charge is 2.20. The first-order valence-corrected chi connectivity index (χ1v) is 9.67. The Labute approximate surface area is 146 Å². The highest BCUT2D eigenvalue weighted by Crippen LogP contribution is 2.23. The summed E-state index contributed by atoms with van der Waals surface area (Å²) < 4.78 is 23.1.